The number of hydrogen-bond donors (Lipinski definition) is 5. The average molecular weight is 234 g/mol. The van der Waals surface area contributed by atoms with Gasteiger partial charge in [0.15, 0.2) is 5.78 Å². The van der Waals surface area contributed by atoms with Gasteiger partial charge in [0, 0.05) is 0 Å². The Morgan fingerprint density at radius 3 is 1.94 bits per heavy atom. The molecule has 0 saturated carbocycles. The summed E-state index contributed by atoms with van der Waals surface area (Å²) >= 11 is 0. The number of aliphatic hydroxyl groups excluding tert-OH is 1. The van der Waals surface area contributed by atoms with Crippen LogP contribution in [0.3, 0.4) is 0 Å². The van der Waals surface area contributed by atoms with Crippen LogP contribution >= 0.6 is 0 Å². The molecular weight excluding hydrogens is 220 g/mol. The van der Waals surface area contributed by atoms with Gasteiger partial charge in [-0.1, -0.05) is 0 Å². The van der Waals surface area contributed by atoms with Gasteiger partial charge in [0.25, 0.3) is 0 Å². The normalized spacial score (nSPS) is 16.2. The molecule has 0 radical (unpaired) electrons. The number of hydrogen-bond acceptors (Lipinski definition) is 6. The summed E-state index contributed by atoms with van der Waals surface area (Å²) in [7, 11) is 0. The molecule has 7 N–H and O–H groups in total. The van der Waals surface area contributed by atoms with Gasteiger partial charge in [-0.05, 0) is 0 Å². The molecule has 8 nitrogen and oxygen atoms in total. The second-order valence-corrected chi connectivity index (χ2v) is 3.26. The van der Waals surface area contributed by atoms with E-state index in [2.05, 4.69) is 0 Å². The predicted octanol–water partition coefficient (Wildman–Crippen LogP) is -2.62. The highest BCUT2D eigenvalue weighted by Crippen LogP contribution is 2.07. The maximum Gasteiger partial charge on any atom is 0.321 e. The lowest BCUT2D eigenvalue weighted by molar-refractivity contribution is -0.144. The van der Waals surface area contributed by atoms with Gasteiger partial charge in [0.1, 0.15) is 6.04 Å². The first-order valence-electron chi connectivity index (χ1n) is 4.41. The van der Waals surface area contributed by atoms with Gasteiger partial charge in [-0.25, -0.2) is 0 Å². The quantitative estimate of drug-likeness (QED) is 0.319. The van der Waals surface area contributed by atoms with Crippen LogP contribution in [-0.4, -0.2) is 51.7 Å². The van der Waals surface area contributed by atoms with Crippen molar-refractivity contribution in [3.8, 4) is 0 Å². The van der Waals surface area contributed by atoms with Gasteiger partial charge in [0.2, 0.25) is 0 Å². The molecule has 0 heterocycles. The van der Waals surface area contributed by atoms with E-state index in [4.69, 9.17) is 26.8 Å². The molecule has 0 aromatic heterocycles. The molecule has 1 unspecified atom stereocenters. The standard InChI is InChI=1S/C8H14N2O6/c9-4(1-5(12)13)7(14)3(2-11)6(10)8(15)16/h3-4,6,11H,1-2,9-10H2,(H,12,13)(H,15,16)/t3?,4-,6-/m0/s1. The SMILES string of the molecule is N[C@H](C(=O)O)C(CO)C(=O)[C@@H](N)CC(=O)O. The summed E-state index contributed by atoms with van der Waals surface area (Å²) in [6, 6.07) is -2.97. The number of carbonyl (C=O) groups is 3. The first kappa shape index (κ1) is 14.5. The first-order valence-corrected chi connectivity index (χ1v) is 4.41. The Balaban J connectivity index is 4.64. The number of carbonyl (C=O) groups excluding carboxylic acids is 1. The molecule has 8 heteroatoms. The highest BCUT2D eigenvalue weighted by atomic mass is 16.4. The minimum atomic E-state index is -1.60. The first-order chi connectivity index (χ1) is 7.31. The van der Waals surface area contributed by atoms with Crippen LogP contribution in [0.2, 0.25) is 0 Å². The third-order valence-electron chi connectivity index (χ3n) is 2.04. The Kier molecular flexibility index (Phi) is 5.57. The van der Waals surface area contributed by atoms with Crippen molar-refractivity contribution in [2.75, 3.05) is 6.61 Å². The number of aliphatic carboxylic acids is 2. The van der Waals surface area contributed by atoms with Crippen LogP contribution in [0.5, 0.6) is 0 Å². The lowest BCUT2D eigenvalue weighted by atomic mass is 9.91. The molecule has 92 valence electrons. The highest BCUT2D eigenvalue weighted by Gasteiger charge is 2.33. The van der Waals surface area contributed by atoms with Crippen molar-refractivity contribution >= 4 is 17.7 Å². The van der Waals surface area contributed by atoms with E-state index in [1.54, 1.807) is 0 Å². The molecule has 0 spiro atoms. The molecule has 0 aliphatic rings. The number of rotatable bonds is 7. The van der Waals surface area contributed by atoms with Crippen molar-refractivity contribution in [1.29, 1.82) is 0 Å². The van der Waals surface area contributed by atoms with Crippen molar-refractivity contribution in [3.63, 3.8) is 0 Å². The van der Waals surface area contributed by atoms with Gasteiger partial charge in [-0.2, -0.15) is 0 Å². The van der Waals surface area contributed by atoms with Crippen LogP contribution in [0.1, 0.15) is 6.42 Å². The summed E-state index contributed by atoms with van der Waals surface area (Å²) in [6.07, 6.45) is -0.637. The molecule has 3 atom stereocenters. The summed E-state index contributed by atoms with van der Waals surface area (Å²) in [5, 5.41) is 25.8. The summed E-state index contributed by atoms with van der Waals surface area (Å²) in [5.41, 5.74) is 10.4. The van der Waals surface area contributed by atoms with E-state index in [0.29, 0.717) is 0 Å². The fraction of sp³-hybridized carbons (Fsp3) is 0.625. The topological polar surface area (TPSA) is 164 Å². The van der Waals surface area contributed by atoms with E-state index in [1.807, 2.05) is 0 Å². The second kappa shape index (κ2) is 6.16. The number of Topliss-reactive ketones (excluding diaryl/α,β-unsaturated/α-hetero) is 1. The fourth-order valence-electron chi connectivity index (χ4n) is 1.12. The van der Waals surface area contributed by atoms with E-state index in [9.17, 15) is 14.4 Å². The number of aliphatic hydroxyl groups is 1. The van der Waals surface area contributed by atoms with Gasteiger partial charge < -0.3 is 26.8 Å². The van der Waals surface area contributed by atoms with Crippen molar-refractivity contribution in [3.05, 3.63) is 0 Å². The van der Waals surface area contributed by atoms with Gasteiger partial charge in [0.05, 0.1) is 25.0 Å². The molecule has 0 saturated heterocycles. The van der Waals surface area contributed by atoms with E-state index in [1.165, 1.54) is 0 Å². The predicted molar refractivity (Wildman–Crippen MR) is 51.4 cm³/mol. The Labute approximate surface area is 90.8 Å². The Hall–Kier alpha value is -1.51. The third-order valence-corrected chi connectivity index (χ3v) is 2.04. The Morgan fingerprint density at radius 1 is 1.12 bits per heavy atom. The fourth-order valence-corrected chi connectivity index (χ4v) is 1.12. The number of carboxylic acids is 2. The zero-order valence-corrected chi connectivity index (χ0v) is 8.37. The smallest absolute Gasteiger partial charge is 0.321 e. The zero-order valence-electron chi connectivity index (χ0n) is 8.37. The van der Waals surface area contributed by atoms with Crippen LogP contribution in [0.15, 0.2) is 0 Å². The second-order valence-electron chi connectivity index (χ2n) is 3.26. The van der Waals surface area contributed by atoms with Gasteiger partial charge in [-0.15, -0.1) is 0 Å². The molecule has 0 aliphatic carbocycles. The maximum atomic E-state index is 11.5. The van der Waals surface area contributed by atoms with Crippen molar-refractivity contribution in [1.82, 2.24) is 0 Å². The van der Waals surface area contributed by atoms with E-state index < -0.39 is 48.8 Å². The molecule has 0 fully saturated rings. The van der Waals surface area contributed by atoms with Crippen LogP contribution in [0.4, 0.5) is 0 Å². The summed E-state index contributed by atoms with van der Waals surface area (Å²) in [5.74, 6) is -5.02. The van der Waals surface area contributed by atoms with Crippen molar-refractivity contribution in [2.24, 2.45) is 17.4 Å². The van der Waals surface area contributed by atoms with Crippen molar-refractivity contribution < 1.29 is 29.7 Å². The lowest BCUT2D eigenvalue weighted by Crippen LogP contribution is -2.49. The van der Waals surface area contributed by atoms with Crippen molar-refractivity contribution in [2.45, 2.75) is 18.5 Å². The molecule has 16 heavy (non-hydrogen) atoms. The molecule has 0 bridgehead atoms. The van der Waals surface area contributed by atoms with E-state index in [0.717, 1.165) is 0 Å². The Morgan fingerprint density at radius 2 is 1.62 bits per heavy atom. The van der Waals surface area contributed by atoms with E-state index in [-0.39, 0.29) is 0 Å². The average Bonchev–Trinajstić information content (AvgIpc) is 2.17. The zero-order chi connectivity index (χ0) is 12.9. The molecule has 0 amide bonds. The highest BCUT2D eigenvalue weighted by molar-refractivity contribution is 5.93. The van der Waals surface area contributed by atoms with Crippen LogP contribution in [0, 0.1) is 5.92 Å². The monoisotopic (exact) mass is 234 g/mol. The number of carboxylic acid groups (broad SMARTS) is 2. The molecule has 0 aromatic rings. The minimum Gasteiger partial charge on any atom is -0.481 e. The summed E-state index contributed by atoms with van der Waals surface area (Å²) in [6.45, 7) is -0.792. The van der Waals surface area contributed by atoms with Gasteiger partial charge >= 0.3 is 11.9 Å². The maximum absolute atomic E-state index is 11.5. The third kappa shape index (κ3) is 3.93. The molecule has 0 aromatic carbocycles. The van der Waals surface area contributed by atoms with Crippen LogP contribution in [-0.2, 0) is 14.4 Å². The molecule has 0 aliphatic heterocycles. The lowest BCUT2D eigenvalue weighted by Gasteiger charge is -2.19. The minimum absolute atomic E-state index is 0.637. The van der Waals surface area contributed by atoms with Crippen LogP contribution in [0.25, 0.3) is 0 Å². The number of ketones is 1. The van der Waals surface area contributed by atoms with Crippen LogP contribution < -0.4 is 11.5 Å². The number of nitrogens with two attached hydrogens (primary N) is 2. The summed E-state index contributed by atoms with van der Waals surface area (Å²) in [4.78, 5) is 32.3. The summed E-state index contributed by atoms with van der Waals surface area (Å²) < 4.78 is 0. The molecular formula is C8H14N2O6. The molecule has 0 rings (SSSR count). The van der Waals surface area contributed by atoms with E-state index >= 15 is 0 Å². The Bertz CT molecular complexity index is 292. The largest absolute Gasteiger partial charge is 0.481 e. The van der Waals surface area contributed by atoms with Gasteiger partial charge in [-0.3, -0.25) is 14.4 Å².